The zero-order valence-electron chi connectivity index (χ0n) is 25.7. The number of hydrogen-bond donors (Lipinski definition) is 0. The molecule has 0 spiro atoms. The van der Waals surface area contributed by atoms with E-state index in [1.54, 1.807) is 0 Å². The van der Waals surface area contributed by atoms with Crippen LogP contribution in [0.15, 0.2) is 54.6 Å². The summed E-state index contributed by atoms with van der Waals surface area (Å²) in [6, 6.07) is 19.2. The minimum Gasteiger partial charge on any atom is -0.493 e. The molecular weight excluding hydrogens is 538 g/mol. The second-order valence-electron chi connectivity index (χ2n) is 11.3. The molecule has 43 heavy (non-hydrogen) atoms. The van der Waals surface area contributed by atoms with Crippen LogP contribution in [0.1, 0.15) is 66.1 Å². The van der Waals surface area contributed by atoms with E-state index in [9.17, 15) is 4.79 Å². The van der Waals surface area contributed by atoms with Crippen molar-refractivity contribution in [2.75, 3.05) is 19.8 Å². The van der Waals surface area contributed by atoms with Gasteiger partial charge in [-0.3, -0.25) is 4.68 Å². The maximum atomic E-state index is 13.6. The van der Waals surface area contributed by atoms with Crippen molar-refractivity contribution >= 4 is 27.6 Å². The number of para-hydroxylation sites is 1. The molecule has 2 aromatic heterocycles. The van der Waals surface area contributed by atoms with E-state index in [1.807, 2.05) is 24.7 Å². The van der Waals surface area contributed by atoms with Crippen molar-refractivity contribution in [3.05, 3.63) is 82.8 Å². The quantitative estimate of drug-likeness (QED) is 0.140. The number of ether oxygens (including phenoxy) is 3. The second kappa shape index (κ2) is 12.6. The van der Waals surface area contributed by atoms with Gasteiger partial charge in [-0.15, -0.1) is 0 Å². The van der Waals surface area contributed by atoms with Gasteiger partial charge in [-0.25, -0.2) is 4.79 Å². The van der Waals surface area contributed by atoms with Crippen LogP contribution in [0.25, 0.3) is 32.8 Å². The number of hydrogen-bond acceptors (Lipinski definition) is 5. The van der Waals surface area contributed by atoms with Gasteiger partial charge in [0.25, 0.3) is 0 Å². The fourth-order valence-electron chi connectivity index (χ4n) is 6.44. The molecule has 0 atom stereocenters. The molecule has 3 heterocycles. The molecule has 0 bridgehead atoms. The summed E-state index contributed by atoms with van der Waals surface area (Å²) in [5, 5.41) is 8.22. The first-order valence-electron chi connectivity index (χ1n) is 15.6. The maximum absolute atomic E-state index is 13.6. The Labute approximate surface area is 253 Å². The lowest BCUT2D eigenvalue weighted by molar-refractivity contribution is 0.0512. The van der Waals surface area contributed by atoms with Crippen molar-refractivity contribution in [1.29, 1.82) is 0 Å². The number of benzene rings is 3. The van der Waals surface area contributed by atoms with E-state index < -0.39 is 0 Å². The highest BCUT2D eigenvalue weighted by Crippen LogP contribution is 2.39. The van der Waals surface area contributed by atoms with Crippen LogP contribution >= 0.6 is 0 Å². The van der Waals surface area contributed by atoms with Crippen molar-refractivity contribution in [2.24, 2.45) is 7.05 Å². The molecule has 0 fully saturated rings. The first kappa shape index (κ1) is 29.0. The molecule has 1 aliphatic heterocycles. The molecule has 0 radical (unpaired) electrons. The summed E-state index contributed by atoms with van der Waals surface area (Å²) >= 11 is 0. The van der Waals surface area contributed by atoms with Gasteiger partial charge in [0.15, 0.2) is 0 Å². The Hall–Kier alpha value is -4.10. The highest BCUT2D eigenvalue weighted by atomic mass is 16.5. The maximum Gasteiger partial charge on any atom is 0.355 e. The van der Waals surface area contributed by atoms with Crippen LogP contribution in [0.3, 0.4) is 0 Å². The highest BCUT2D eigenvalue weighted by Gasteiger charge is 2.27. The zero-order valence-corrected chi connectivity index (χ0v) is 25.7. The molecule has 0 N–H and O–H groups in total. The molecule has 224 valence electrons. The van der Waals surface area contributed by atoms with Crippen LogP contribution < -0.4 is 4.74 Å². The molecule has 0 amide bonds. The van der Waals surface area contributed by atoms with E-state index in [0.29, 0.717) is 45.1 Å². The number of aromatic nitrogens is 3. The Morgan fingerprint density at radius 3 is 2.74 bits per heavy atom. The van der Waals surface area contributed by atoms with Gasteiger partial charge < -0.3 is 18.8 Å². The van der Waals surface area contributed by atoms with Crippen LogP contribution in [0, 0.1) is 6.92 Å². The lowest BCUT2D eigenvalue weighted by Crippen LogP contribution is -2.15. The van der Waals surface area contributed by atoms with Crippen molar-refractivity contribution in [2.45, 2.75) is 66.0 Å². The molecule has 7 heteroatoms. The monoisotopic (exact) mass is 579 g/mol. The first-order chi connectivity index (χ1) is 21.0. The zero-order chi connectivity index (χ0) is 29.9. The minimum atomic E-state index is -0.268. The molecule has 0 saturated carbocycles. The first-order valence-corrected chi connectivity index (χ1v) is 15.6. The third kappa shape index (κ3) is 5.54. The van der Waals surface area contributed by atoms with E-state index in [4.69, 9.17) is 19.3 Å². The molecule has 0 unspecified atom stereocenters. The van der Waals surface area contributed by atoms with Crippen LogP contribution in [0.2, 0.25) is 0 Å². The average Bonchev–Trinajstić information content (AvgIpc) is 3.48. The third-order valence-electron chi connectivity index (χ3n) is 8.63. The predicted octanol–water partition coefficient (Wildman–Crippen LogP) is 7.56. The summed E-state index contributed by atoms with van der Waals surface area (Å²) in [6.45, 7) is 8.85. The molecule has 1 aliphatic rings. The van der Waals surface area contributed by atoms with Crippen LogP contribution in [-0.4, -0.2) is 40.1 Å². The Balaban J connectivity index is 1.39. The number of rotatable bonds is 8. The lowest BCUT2D eigenvalue weighted by Gasteiger charge is -2.13. The molecule has 6 rings (SSSR count). The Kier molecular flexibility index (Phi) is 8.52. The summed E-state index contributed by atoms with van der Waals surface area (Å²) < 4.78 is 22.2. The minimum absolute atomic E-state index is 0.268. The normalized spacial score (nSPS) is 13.6. The Morgan fingerprint density at radius 2 is 1.91 bits per heavy atom. The highest BCUT2D eigenvalue weighted by molar-refractivity contribution is 6.05. The van der Waals surface area contributed by atoms with E-state index >= 15 is 0 Å². The van der Waals surface area contributed by atoms with Gasteiger partial charge in [-0.1, -0.05) is 55.5 Å². The second-order valence-corrected chi connectivity index (χ2v) is 11.3. The van der Waals surface area contributed by atoms with Gasteiger partial charge in [-0.05, 0) is 68.5 Å². The van der Waals surface area contributed by atoms with Crippen molar-refractivity contribution in [3.8, 4) is 16.9 Å². The van der Waals surface area contributed by atoms with Gasteiger partial charge in [0.05, 0.1) is 31.0 Å². The van der Waals surface area contributed by atoms with E-state index in [2.05, 4.69) is 66.9 Å². The van der Waals surface area contributed by atoms with Gasteiger partial charge >= 0.3 is 5.97 Å². The smallest absolute Gasteiger partial charge is 0.355 e. The molecule has 7 nitrogen and oxygen atoms in total. The van der Waals surface area contributed by atoms with Gasteiger partial charge in [0, 0.05) is 47.8 Å². The number of nitrogens with zero attached hydrogens (tertiary/aromatic N) is 3. The molecule has 0 aliphatic carbocycles. The number of aryl methyl sites for hydroxylation is 4. The molecular formula is C36H41N3O4. The van der Waals surface area contributed by atoms with Crippen LogP contribution in [-0.2, 0) is 42.5 Å². The third-order valence-corrected chi connectivity index (χ3v) is 8.63. The number of carbonyl (C=O) groups is 1. The number of carbonyl (C=O) groups excluding carboxylic acids is 1. The lowest BCUT2D eigenvalue weighted by atomic mass is 9.98. The van der Waals surface area contributed by atoms with Crippen LogP contribution in [0.5, 0.6) is 5.75 Å². The number of esters is 1. The summed E-state index contributed by atoms with van der Waals surface area (Å²) in [5.41, 5.74) is 8.24. The van der Waals surface area contributed by atoms with Crippen LogP contribution in [0.4, 0.5) is 0 Å². The van der Waals surface area contributed by atoms with Gasteiger partial charge in [-0.2, -0.15) is 5.10 Å². The van der Waals surface area contributed by atoms with Crippen molar-refractivity contribution in [3.63, 3.8) is 0 Å². The number of fused-ring (bicyclic) bond motifs is 3. The average molecular weight is 580 g/mol. The van der Waals surface area contributed by atoms with Gasteiger partial charge in [0.1, 0.15) is 11.4 Å². The predicted molar refractivity (Wildman–Crippen MR) is 171 cm³/mol. The Morgan fingerprint density at radius 1 is 1.05 bits per heavy atom. The molecule has 3 aromatic carbocycles. The van der Waals surface area contributed by atoms with Gasteiger partial charge in [0.2, 0.25) is 0 Å². The van der Waals surface area contributed by atoms with E-state index in [0.717, 1.165) is 75.8 Å². The summed E-state index contributed by atoms with van der Waals surface area (Å²) in [4.78, 5) is 13.6. The summed E-state index contributed by atoms with van der Waals surface area (Å²) in [5.74, 6) is 0.627. The fourth-order valence-corrected chi connectivity index (χ4v) is 6.44. The van der Waals surface area contributed by atoms with Crippen molar-refractivity contribution < 1.29 is 19.0 Å². The summed E-state index contributed by atoms with van der Waals surface area (Å²) in [6.07, 6.45) is 4.28. The Bertz CT molecular complexity index is 1780. The topological polar surface area (TPSA) is 67.5 Å². The summed E-state index contributed by atoms with van der Waals surface area (Å²) in [7, 11) is 1.97. The fraction of sp³-hybridized carbons (Fsp3) is 0.389. The SMILES string of the molecule is CCOC(=O)c1c(CCCOc2cccc3cc(CC)ccc23)c2cccc3c2n1CCCCOCc1nn(C)c(C)c1-3. The molecule has 0 saturated heterocycles. The largest absolute Gasteiger partial charge is 0.493 e. The van der Waals surface area contributed by atoms with Crippen molar-refractivity contribution in [1.82, 2.24) is 14.3 Å². The van der Waals surface area contributed by atoms with E-state index in [1.165, 1.54) is 10.9 Å². The standard InChI is InChI=1S/C36H41N3O4/c1-5-25-17-18-27-26(22-25)12-9-16-32(27)43-21-11-15-29-28-13-10-14-30-33-24(3)38(4)37-31(33)23-41-20-8-7-19-39(34(28)30)35(29)36(40)42-6-2/h9-10,12-14,16-18,22H,5-8,11,15,19-21,23H2,1-4H3. The van der Waals surface area contributed by atoms with E-state index in [-0.39, 0.29) is 5.97 Å². The molecule has 5 aromatic rings.